The molecule has 53 heavy (non-hydrogen) atoms. The van der Waals surface area contributed by atoms with E-state index in [0.717, 1.165) is 31.9 Å². The SMILES string of the molecule is Cc1c(F)c(F)c(F)c(OC(=O)CCOCCCCCN=C/C(COCCOCCOCCOCCNC(=O)CCN(C)C(=O)/C=C\C=O)=N\N)c1F. The predicted octanol–water partition coefficient (Wildman–Crippen LogP) is 2.21. The zero-order valence-corrected chi connectivity index (χ0v) is 30.1. The quantitative estimate of drug-likeness (QED) is 0.00999. The van der Waals surface area contributed by atoms with E-state index in [9.17, 15) is 36.7 Å². The van der Waals surface area contributed by atoms with Crippen molar-refractivity contribution in [3.8, 4) is 5.75 Å². The average molecular weight is 764 g/mol. The van der Waals surface area contributed by atoms with Gasteiger partial charge in [-0.2, -0.15) is 9.49 Å². The van der Waals surface area contributed by atoms with E-state index in [2.05, 4.69) is 20.1 Å². The van der Waals surface area contributed by atoms with Gasteiger partial charge in [-0.05, 0) is 32.3 Å². The monoisotopic (exact) mass is 763 g/mol. The van der Waals surface area contributed by atoms with Crippen LogP contribution < -0.4 is 15.9 Å². The largest absolute Gasteiger partial charge is 0.420 e. The third-order valence-corrected chi connectivity index (χ3v) is 6.89. The third-order valence-electron chi connectivity index (χ3n) is 6.89. The Kier molecular flexibility index (Phi) is 25.7. The fraction of sp³-hybridized carbons (Fsp3) is 0.588. The number of aldehydes is 1. The first-order valence-corrected chi connectivity index (χ1v) is 16.9. The Morgan fingerprint density at radius 1 is 0.792 bits per heavy atom. The lowest BCUT2D eigenvalue weighted by Gasteiger charge is -2.14. The van der Waals surface area contributed by atoms with Crippen LogP contribution >= 0.6 is 0 Å². The van der Waals surface area contributed by atoms with E-state index in [0.29, 0.717) is 84.4 Å². The molecule has 0 saturated heterocycles. The van der Waals surface area contributed by atoms with E-state index in [1.54, 1.807) is 0 Å². The van der Waals surface area contributed by atoms with Crippen molar-refractivity contribution in [1.82, 2.24) is 10.2 Å². The molecule has 15 nitrogen and oxygen atoms in total. The average Bonchev–Trinajstić information content (AvgIpc) is 3.15. The molecule has 1 rings (SSSR count). The highest BCUT2D eigenvalue weighted by molar-refractivity contribution is 6.31. The van der Waals surface area contributed by atoms with Crippen molar-refractivity contribution in [2.24, 2.45) is 15.9 Å². The molecule has 0 bridgehead atoms. The van der Waals surface area contributed by atoms with Gasteiger partial charge < -0.3 is 44.5 Å². The molecule has 0 aromatic heterocycles. The third kappa shape index (κ3) is 21.1. The molecule has 0 aliphatic rings. The summed E-state index contributed by atoms with van der Waals surface area (Å²) in [6.07, 6.45) is 6.21. The number of hydrogen-bond donors (Lipinski definition) is 2. The van der Waals surface area contributed by atoms with Gasteiger partial charge >= 0.3 is 5.97 Å². The summed E-state index contributed by atoms with van der Waals surface area (Å²) >= 11 is 0. The van der Waals surface area contributed by atoms with Crippen LogP contribution in [0, 0.1) is 30.2 Å². The van der Waals surface area contributed by atoms with Crippen LogP contribution in [0.25, 0.3) is 0 Å². The molecule has 3 N–H and O–H groups in total. The van der Waals surface area contributed by atoms with Gasteiger partial charge in [0.15, 0.2) is 17.5 Å². The Balaban J connectivity index is 1.95. The molecule has 0 heterocycles. The lowest BCUT2D eigenvalue weighted by atomic mass is 10.2. The number of carbonyl (C=O) groups excluding carboxylic acids is 4. The van der Waals surface area contributed by atoms with Crippen LogP contribution in [0.5, 0.6) is 5.75 Å². The number of carbonyl (C=O) groups is 4. The Labute approximate surface area is 305 Å². The second kappa shape index (κ2) is 29.2. The number of amides is 2. The number of benzene rings is 1. The van der Waals surface area contributed by atoms with Crippen molar-refractivity contribution in [2.45, 2.75) is 39.0 Å². The first-order valence-electron chi connectivity index (χ1n) is 16.9. The number of halogens is 4. The van der Waals surface area contributed by atoms with Crippen molar-refractivity contribution in [3.05, 3.63) is 41.0 Å². The molecule has 0 atom stereocenters. The molecular weight excluding hydrogens is 714 g/mol. The first kappa shape index (κ1) is 46.7. The van der Waals surface area contributed by atoms with Crippen LogP contribution in [-0.4, -0.2) is 134 Å². The van der Waals surface area contributed by atoms with Crippen molar-refractivity contribution in [1.29, 1.82) is 0 Å². The summed E-state index contributed by atoms with van der Waals surface area (Å²) in [5.41, 5.74) is -0.347. The lowest BCUT2D eigenvalue weighted by Crippen LogP contribution is -2.33. The van der Waals surface area contributed by atoms with Gasteiger partial charge in [0.05, 0.1) is 65.9 Å². The summed E-state index contributed by atoms with van der Waals surface area (Å²) in [7, 11) is 1.54. The number of allylic oxidation sites excluding steroid dienone is 1. The summed E-state index contributed by atoms with van der Waals surface area (Å²) < 4.78 is 86.1. The van der Waals surface area contributed by atoms with Gasteiger partial charge in [-0.25, -0.2) is 13.2 Å². The molecule has 0 spiro atoms. The Hall–Kier alpha value is -4.30. The van der Waals surface area contributed by atoms with E-state index >= 15 is 0 Å². The number of likely N-dealkylation sites (N-methyl/N-ethyl adjacent to an activating group) is 1. The van der Waals surface area contributed by atoms with Gasteiger partial charge in [0.25, 0.3) is 0 Å². The summed E-state index contributed by atoms with van der Waals surface area (Å²) in [5.74, 6) is -4.54. The Morgan fingerprint density at radius 2 is 1.43 bits per heavy atom. The van der Waals surface area contributed by atoms with Crippen molar-refractivity contribution < 1.29 is 65.2 Å². The van der Waals surface area contributed by atoms with Crippen LogP contribution in [0.15, 0.2) is 22.2 Å². The number of unbranched alkanes of at least 4 members (excludes halogenated alkanes) is 2. The number of nitrogens with one attached hydrogen (secondary N) is 1. The second-order valence-corrected chi connectivity index (χ2v) is 11.0. The number of aliphatic imine (C=N–C) groups is 1. The maximum absolute atomic E-state index is 14.0. The second-order valence-electron chi connectivity index (χ2n) is 11.0. The first-order chi connectivity index (χ1) is 25.5. The number of ether oxygens (including phenoxy) is 6. The maximum Gasteiger partial charge on any atom is 0.313 e. The topological polar surface area (TPSA) is 190 Å². The predicted molar refractivity (Wildman–Crippen MR) is 185 cm³/mol. The molecule has 0 aliphatic heterocycles. The summed E-state index contributed by atoms with van der Waals surface area (Å²) in [5, 5.41) is 6.33. The molecule has 2 amide bonds. The fourth-order valence-electron chi connectivity index (χ4n) is 3.91. The van der Waals surface area contributed by atoms with Crippen LogP contribution in [0.1, 0.15) is 37.7 Å². The van der Waals surface area contributed by atoms with E-state index in [1.807, 2.05) is 0 Å². The number of hydrazone groups is 1. The van der Waals surface area contributed by atoms with Gasteiger partial charge in [-0.15, -0.1) is 0 Å². The minimum Gasteiger partial charge on any atom is -0.420 e. The minimum absolute atomic E-state index is 0.0863. The Morgan fingerprint density at radius 3 is 2.09 bits per heavy atom. The van der Waals surface area contributed by atoms with Gasteiger partial charge in [-0.3, -0.25) is 24.2 Å². The number of nitrogens with two attached hydrogens (primary N) is 1. The van der Waals surface area contributed by atoms with Crippen molar-refractivity contribution >= 4 is 36.0 Å². The van der Waals surface area contributed by atoms with Crippen LogP contribution in [0.4, 0.5) is 17.6 Å². The number of rotatable bonds is 30. The minimum atomic E-state index is -1.92. The van der Waals surface area contributed by atoms with Crippen LogP contribution in [0.3, 0.4) is 0 Å². The molecule has 0 unspecified atom stereocenters. The zero-order valence-electron chi connectivity index (χ0n) is 30.1. The summed E-state index contributed by atoms with van der Waals surface area (Å²) in [6.45, 7) is 4.71. The molecule has 0 fully saturated rings. The van der Waals surface area contributed by atoms with E-state index in [-0.39, 0.29) is 44.4 Å². The molecule has 0 aliphatic carbocycles. The standard InChI is InChI=1S/C34H49F4N5O10/c1-25-30(35)32(37)33(38)34(31(25)36)53-29(47)9-15-48-14-5-3-4-10-40-23-26(42-39)24-52-22-21-51-20-19-50-18-17-49-16-11-41-27(45)8-12-43(2)28(46)7-6-13-44/h6-7,13,23H,3-5,8-12,14-22,24,39H2,1-2H3,(H,41,45)/b7-6-,40-23?,42-26+. The fourth-order valence-corrected chi connectivity index (χ4v) is 3.91. The summed E-state index contributed by atoms with van der Waals surface area (Å²) in [6, 6.07) is 0. The molecule has 298 valence electrons. The van der Waals surface area contributed by atoms with Crippen molar-refractivity contribution in [3.63, 3.8) is 0 Å². The number of esters is 1. The van der Waals surface area contributed by atoms with Crippen molar-refractivity contribution in [2.75, 3.05) is 92.8 Å². The molecule has 1 aromatic rings. The van der Waals surface area contributed by atoms with Gasteiger partial charge in [0.1, 0.15) is 12.0 Å². The van der Waals surface area contributed by atoms with Crippen LogP contribution in [-0.2, 0) is 42.9 Å². The van der Waals surface area contributed by atoms with Crippen LogP contribution in [0.2, 0.25) is 0 Å². The smallest absolute Gasteiger partial charge is 0.313 e. The highest BCUT2D eigenvalue weighted by Gasteiger charge is 2.26. The normalized spacial score (nSPS) is 11.8. The van der Waals surface area contributed by atoms with Gasteiger partial charge in [0, 0.05) is 57.6 Å². The molecule has 0 radical (unpaired) electrons. The molecular formula is C34H49F4N5O10. The number of hydrogen-bond acceptors (Lipinski definition) is 13. The lowest BCUT2D eigenvalue weighted by molar-refractivity contribution is -0.136. The zero-order chi connectivity index (χ0) is 39.3. The molecule has 0 saturated carbocycles. The molecule has 1 aromatic carbocycles. The number of nitrogens with zero attached hydrogens (tertiary/aromatic N) is 3. The summed E-state index contributed by atoms with van der Waals surface area (Å²) in [4.78, 5) is 51.1. The molecule has 19 heteroatoms. The van der Waals surface area contributed by atoms with E-state index in [1.165, 1.54) is 18.2 Å². The van der Waals surface area contributed by atoms with E-state index in [4.69, 9.17) is 29.5 Å². The van der Waals surface area contributed by atoms with E-state index < -0.39 is 40.6 Å². The highest BCUT2D eigenvalue weighted by atomic mass is 19.2. The van der Waals surface area contributed by atoms with Gasteiger partial charge in [0.2, 0.25) is 23.4 Å². The maximum atomic E-state index is 14.0. The highest BCUT2D eigenvalue weighted by Crippen LogP contribution is 2.29. The van der Waals surface area contributed by atoms with Gasteiger partial charge in [-0.1, -0.05) is 0 Å². The Bertz CT molecular complexity index is 1340.